The van der Waals surface area contributed by atoms with Gasteiger partial charge in [0.25, 0.3) is 0 Å². The van der Waals surface area contributed by atoms with Gasteiger partial charge in [-0.05, 0) is 11.3 Å². The maximum absolute atomic E-state index is 3.42. The second-order valence-electron chi connectivity index (χ2n) is 0.811. The monoisotopic (exact) mass is 150 g/mol. The number of rotatable bonds is 0. The van der Waals surface area contributed by atoms with Crippen molar-refractivity contribution in [1.29, 1.82) is 0 Å². The molecule has 6 heteroatoms. The Hall–Kier alpha value is 2.01. The molecule has 0 fully saturated rings. The van der Waals surface area contributed by atoms with Gasteiger partial charge in [-0.15, -0.1) is 10.2 Å². The first-order valence-corrected chi connectivity index (χ1v) is 1.58. The number of nitrogens with zero attached hydrogens (tertiary/aromatic N) is 3. The zero-order valence-corrected chi connectivity index (χ0v) is 12.1. The van der Waals surface area contributed by atoms with Gasteiger partial charge in [0.05, 0.1) is 12.4 Å². The molecule has 1 heterocycles. The van der Waals surface area contributed by atoms with Crippen molar-refractivity contribution in [2.24, 2.45) is 0 Å². The van der Waals surface area contributed by atoms with E-state index in [1.807, 2.05) is 0 Å². The summed E-state index contributed by atoms with van der Waals surface area (Å²) in [6.07, 6.45) is 3.15. The molecule has 0 unspecified atom stereocenters. The summed E-state index contributed by atoms with van der Waals surface area (Å²) in [6, 6.07) is 1.72. The van der Waals surface area contributed by atoms with Gasteiger partial charge in [-0.2, -0.15) is 0 Å². The van der Waals surface area contributed by atoms with Gasteiger partial charge in [0.2, 0.25) is 0 Å². The van der Waals surface area contributed by atoms with E-state index >= 15 is 0 Å². The third-order valence-corrected chi connectivity index (χ3v) is 0.409. The van der Waals surface area contributed by atoms with E-state index in [0.717, 1.165) is 0 Å². The Morgan fingerprint density at radius 1 is 0.778 bits per heavy atom. The predicted octanol–water partition coefficient (Wildman–Crippen LogP) is -1.27. The number of aromatic nitrogens is 3. The van der Waals surface area contributed by atoms with E-state index in [2.05, 4.69) is 15.4 Å². The molecule has 1 aromatic rings. The SMILES string of the molecule is [Na].[Na].[Na].c1cnnnc1. The van der Waals surface area contributed by atoms with E-state index in [1.54, 1.807) is 18.5 Å². The Bertz CT molecular complexity index is 86.2. The Kier molecular flexibility index (Phi) is 24.2. The van der Waals surface area contributed by atoms with Crippen molar-refractivity contribution >= 4 is 88.7 Å². The molecule has 1 aromatic heterocycles. The van der Waals surface area contributed by atoms with Gasteiger partial charge < -0.3 is 0 Å². The number of hydrogen-bond acceptors (Lipinski definition) is 3. The Morgan fingerprint density at radius 2 is 1.22 bits per heavy atom. The minimum absolute atomic E-state index is 0. The smallest absolute Gasteiger partial charge is 0.0529 e. The predicted molar refractivity (Wildman–Crippen MR) is 37.1 cm³/mol. The van der Waals surface area contributed by atoms with Gasteiger partial charge in [-0.3, -0.25) is 0 Å². The fourth-order valence-electron chi connectivity index (χ4n) is 0.205. The fraction of sp³-hybridized carbons (Fsp3) is 0. The summed E-state index contributed by atoms with van der Waals surface area (Å²) in [5, 5.41) is 10.1. The molecule has 0 amide bonds. The molecule has 0 saturated heterocycles. The molecule has 9 heavy (non-hydrogen) atoms. The van der Waals surface area contributed by atoms with Crippen LogP contribution in [0.2, 0.25) is 0 Å². The molecular weight excluding hydrogens is 147 g/mol. The molecule has 33 valence electrons. The first-order chi connectivity index (χ1) is 3.00. The van der Waals surface area contributed by atoms with Crippen molar-refractivity contribution in [2.45, 2.75) is 0 Å². The topological polar surface area (TPSA) is 38.7 Å². The van der Waals surface area contributed by atoms with Gasteiger partial charge in [0, 0.05) is 88.7 Å². The van der Waals surface area contributed by atoms with Gasteiger partial charge in [0.1, 0.15) is 0 Å². The molecule has 0 saturated carbocycles. The molecule has 0 aromatic carbocycles. The Balaban J connectivity index is -0.000000120. The molecule has 0 aliphatic heterocycles. The van der Waals surface area contributed by atoms with Gasteiger partial charge in [-0.1, -0.05) is 0 Å². The van der Waals surface area contributed by atoms with Crippen molar-refractivity contribution in [3.8, 4) is 0 Å². The van der Waals surface area contributed by atoms with Crippen LogP contribution in [0.15, 0.2) is 18.5 Å². The van der Waals surface area contributed by atoms with Crippen LogP contribution < -0.4 is 0 Å². The zero-order chi connectivity index (χ0) is 4.24. The molecule has 0 aliphatic carbocycles. The third kappa shape index (κ3) is 10.0. The van der Waals surface area contributed by atoms with Gasteiger partial charge >= 0.3 is 0 Å². The molecule has 0 aliphatic rings. The molecule has 3 radical (unpaired) electrons. The van der Waals surface area contributed by atoms with Crippen molar-refractivity contribution in [3.63, 3.8) is 0 Å². The third-order valence-electron chi connectivity index (χ3n) is 0.409. The summed E-state index contributed by atoms with van der Waals surface area (Å²) in [4.78, 5) is 0. The van der Waals surface area contributed by atoms with Crippen molar-refractivity contribution < 1.29 is 0 Å². The second kappa shape index (κ2) is 12.7. The fourth-order valence-corrected chi connectivity index (χ4v) is 0.205. The van der Waals surface area contributed by atoms with Crippen LogP contribution in [0.1, 0.15) is 0 Å². The molecule has 0 N–H and O–H groups in total. The standard InChI is InChI=1S/C3H3N3.3Na/c1-2-4-6-5-3-1;;;/h1-3H;;;. The molecule has 0 spiro atoms. The van der Waals surface area contributed by atoms with E-state index in [4.69, 9.17) is 0 Å². The van der Waals surface area contributed by atoms with Crippen LogP contribution in [0.5, 0.6) is 0 Å². The summed E-state index contributed by atoms with van der Waals surface area (Å²) in [7, 11) is 0. The first kappa shape index (κ1) is 17.2. The minimum atomic E-state index is 0. The zero-order valence-electron chi connectivity index (χ0n) is 6.07. The van der Waals surface area contributed by atoms with E-state index in [-0.39, 0.29) is 88.7 Å². The quantitative estimate of drug-likeness (QED) is 0.433. The van der Waals surface area contributed by atoms with Crippen LogP contribution >= 0.6 is 0 Å². The maximum Gasteiger partial charge on any atom is 0.0529 e. The van der Waals surface area contributed by atoms with E-state index in [9.17, 15) is 0 Å². The van der Waals surface area contributed by atoms with Crippen molar-refractivity contribution in [2.75, 3.05) is 0 Å². The molecule has 0 bridgehead atoms. The van der Waals surface area contributed by atoms with Crippen molar-refractivity contribution in [1.82, 2.24) is 15.4 Å². The Morgan fingerprint density at radius 3 is 1.33 bits per heavy atom. The van der Waals surface area contributed by atoms with Crippen molar-refractivity contribution in [3.05, 3.63) is 18.5 Å². The van der Waals surface area contributed by atoms with E-state index in [0.29, 0.717) is 0 Å². The minimum Gasteiger partial charge on any atom is -0.139 e. The first-order valence-electron chi connectivity index (χ1n) is 1.58. The second-order valence-corrected chi connectivity index (χ2v) is 0.811. The van der Waals surface area contributed by atoms with Gasteiger partial charge in [0.15, 0.2) is 0 Å². The average molecular weight is 150 g/mol. The van der Waals surface area contributed by atoms with Crippen LogP contribution in [0.4, 0.5) is 0 Å². The summed E-state index contributed by atoms with van der Waals surface area (Å²) in [5.41, 5.74) is 0. The largest absolute Gasteiger partial charge is 0.139 e. The van der Waals surface area contributed by atoms with Crippen LogP contribution in [0.25, 0.3) is 0 Å². The van der Waals surface area contributed by atoms with E-state index in [1.165, 1.54) is 0 Å². The Labute approximate surface area is 120 Å². The van der Waals surface area contributed by atoms with E-state index < -0.39 is 0 Å². The van der Waals surface area contributed by atoms with Crippen LogP contribution in [-0.4, -0.2) is 104 Å². The van der Waals surface area contributed by atoms with Gasteiger partial charge in [-0.25, -0.2) is 0 Å². The summed E-state index contributed by atoms with van der Waals surface area (Å²) in [5.74, 6) is 0. The average Bonchev–Trinajstić information content (AvgIpc) is 1.72. The molecular formula is C3H3N3Na3. The van der Waals surface area contributed by atoms with Crippen LogP contribution in [0.3, 0.4) is 0 Å². The maximum atomic E-state index is 3.42. The molecule has 3 nitrogen and oxygen atoms in total. The summed E-state index contributed by atoms with van der Waals surface area (Å²) >= 11 is 0. The number of hydrogen-bond donors (Lipinski definition) is 0. The van der Waals surface area contributed by atoms with Crippen LogP contribution in [-0.2, 0) is 0 Å². The normalized spacial score (nSPS) is 5.33. The van der Waals surface area contributed by atoms with Crippen LogP contribution in [0, 0.1) is 0 Å². The molecule has 1 rings (SSSR count). The summed E-state index contributed by atoms with van der Waals surface area (Å²) in [6.45, 7) is 0. The molecule has 0 atom stereocenters. The summed E-state index contributed by atoms with van der Waals surface area (Å²) < 4.78 is 0.